The summed E-state index contributed by atoms with van der Waals surface area (Å²) in [7, 11) is 3.50. The summed E-state index contributed by atoms with van der Waals surface area (Å²) < 4.78 is 16.1. The highest BCUT2D eigenvalue weighted by Crippen LogP contribution is 2.22. The lowest BCUT2D eigenvalue weighted by atomic mass is 10.00. The van der Waals surface area contributed by atoms with Crippen molar-refractivity contribution in [3.05, 3.63) is 17.0 Å². The zero-order chi connectivity index (χ0) is 16.8. The van der Waals surface area contributed by atoms with Crippen molar-refractivity contribution in [1.29, 1.82) is 0 Å². The van der Waals surface area contributed by atoms with Gasteiger partial charge in [-0.3, -0.25) is 4.99 Å². The van der Waals surface area contributed by atoms with E-state index >= 15 is 0 Å². The number of nitrogens with zero attached hydrogens (tertiary/aromatic N) is 3. The van der Waals surface area contributed by atoms with Gasteiger partial charge < -0.3 is 24.2 Å². The molecule has 7 heteroatoms. The molecule has 2 atom stereocenters. The molecule has 1 aliphatic heterocycles. The first-order chi connectivity index (χ1) is 11.1. The highest BCUT2D eigenvalue weighted by atomic mass is 16.5. The second kappa shape index (κ2) is 8.31. The molecule has 7 nitrogen and oxygen atoms in total. The maximum absolute atomic E-state index is 5.69. The van der Waals surface area contributed by atoms with E-state index in [-0.39, 0.29) is 6.10 Å². The van der Waals surface area contributed by atoms with E-state index in [1.165, 1.54) is 5.56 Å². The van der Waals surface area contributed by atoms with Gasteiger partial charge in [0.05, 0.1) is 25.0 Å². The maximum atomic E-state index is 5.69. The number of hydrogen-bond acceptors (Lipinski definition) is 5. The molecule has 2 heterocycles. The van der Waals surface area contributed by atoms with E-state index in [2.05, 4.69) is 27.3 Å². The highest BCUT2D eigenvalue weighted by molar-refractivity contribution is 5.80. The van der Waals surface area contributed by atoms with Crippen LogP contribution in [-0.2, 0) is 9.47 Å². The summed E-state index contributed by atoms with van der Waals surface area (Å²) in [5, 5.41) is 7.49. The summed E-state index contributed by atoms with van der Waals surface area (Å²) in [6.45, 7) is 9.79. The highest BCUT2D eigenvalue weighted by Gasteiger charge is 2.23. The molecule has 1 aromatic heterocycles. The van der Waals surface area contributed by atoms with Crippen LogP contribution in [0, 0.1) is 13.8 Å². The quantitative estimate of drug-likeness (QED) is 0.650. The number of hydrogen-bond donors (Lipinski definition) is 1. The third-order valence-electron chi connectivity index (χ3n) is 4.15. The van der Waals surface area contributed by atoms with Crippen molar-refractivity contribution in [3.63, 3.8) is 0 Å². The van der Waals surface area contributed by atoms with Crippen LogP contribution >= 0.6 is 0 Å². The van der Waals surface area contributed by atoms with Crippen molar-refractivity contribution in [2.24, 2.45) is 4.99 Å². The largest absolute Gasteiger partial charge is 0.382 e. The van der Waals surface area contributed by atoms with E-state index in [0.29, 0.717) is 19.1 Å². The molecule has 1 saturated heterocycles. The van der Waals surface area contributed by atoms with Crippen LogP contribution in [0.3, 0.4) is 0 Å². The molecule has 0 radical (unpaired) electrons. The molecular weight excluding hydrogens is 296 g/mol. The van der Waals surface area contributed by atoms with E-state index < -0.39 is 0 Å². The van der Waals surface area contributed by atoms with Gasteiger partial charge in [0, 0.05) is 45.3 Å². The number of guanidine groups is 1. The topological polar surface area (TPSA) is 72.1 Å². The van der Waals surface area contributed by atoms with E-state index in [9.17, 15) is 0 Å². The second-order valence-electron chi connectivity index (χ2n) is 5.96. The number of aliphatic imine (C=N–C) groups is 1. The fourth-order valence-electron chi connectivity index (χ4n) is 3.07. The molecule has 1 N–H and O–H groups in total. The molecule has 0 amide bonds. The van der Waals surface area contributed by atoms with Crippen LogP contribution in [0.4, 0.5) is 0 Å². The number of methoxy groups -OCH3 is 1. The summed E-state index contributed by atoms with van der Waals surface area (Å²) in [5.41, 5.74) is 2.13. The number of rotatable bonds is 5. The Morgan fingerprint density at radius 1 is 1.52 bits per heavy atom. The molecule has 130 valence electrons. The van der Waals surface area contributed by atoms with Gasteiger partial charge in [-0.1, -0.05) is 12.1 Å². The number of morpholine rings is 1. The Labute approximate surface area is 138 Å². The van der Waals surface area contributed by atoms with Crippen molar-refractivity contribution in [2.45, 2.75) is 32.8 Å². The van der Waals surface area contributed by atoms with Crippen molar-refractivity contribution >= 4 is 5.96 Å². The van der Waals surface area contributed by atoms with E-state index in [4.69, 9.17) is 14.0 Å². The van der Waals surface area contributed by atoms with Gasteiger partial charge in [0.2, 0.25) is 0 Å². The number of ether oxygens (including phenoxy) is 2. The fourth-order valence-corrected chi connectivity index (χ4v) is 3.07. The smallest absolute Gasteiger partial charge is 0.193 e. The third-order valence-corrected chi connectivity index (χ3v) is 4.15. The Balaban J connectivity index is 1.92. The monoisotopic (exact) mass is 324 g/mol. The average molecular weight is 324 g/mol. The van der Waals surface area contributed by atoms with Crippen LogP contribution in [-0.4, -0.2) is 69.1 Å². The average Bonchev–Trinajstić information content (AvgIpc) is 2.87. The van der Waals surface area contributed by atoms with E-state index in [1.54, 1.807) is 7.11 Å². The normalized spacial score (nSPS) is 20.7. The van der Waals surface area contributed by atoms with Crippen LogP contribution in [0.15, 0.2) is 9.52 Å². The molecule has 2 rings (SSSR count). The summed E-state index contributed by atoms with van der Waals surface area (Å²) >= 11 is 0. The van der Waals surface area contributed by atoms with E-state index in [0.717, 1.165) is 37.0 Å². The Kier molecular flexibility index (Phi) is 6.41. The first-order valence-electron chi connectivity index (χ1n) is 8.05. The number of aromatic nitrogens is 1. The van der Waals surface area contributed by atoms with Crippen LogP contribution in [0.5, 0.6) is 0 Å². The first-order valence-corrected chi connectivity index (χ1v) is 8.05. The zero-order valence-electron chi connectivity index (χ0n) is 14.8. The molecule has 23 heavy (non-hydrogen) atoms. The van der Waals surface area contributed by atoms with Crippen LogP contribution in [0.2, 0.25) is 0 Å². The maximum Gasteiger partial charge on any atom is 0.193 e. The molecule has 0 saturated carbocycles. The van der Waals surface area contributed by atoms with Crippen molar-refractivity contribution in [3.8, 4) is 0 Å². The molecular formula is C16H28N4O3. The van der Waals surface area contributed by atoms with Gasteiger partial charge in [0.15, 0.2) is 5.96 Å². The van der Waals surface area contributed by atoms with Gasteiger partial charge in [-0.2, -0.15) is 0 Å². The van der Waals surface area contributed by atoms with Gasteiger partial charge in [-0.25, -0.2) is 0 Å². The summed E-state index contributed by atoms with van der Waals surface area (Å²) in [5.74, 6) is 2.08. The Morgan fingerprint density at radius 3 is 2.91 bits per heavy atom. The summed E-state index contributed by atoms with van der Waals surface area (Å²) in [6, 6.07) is 0. The van der Waals surface area contributed by atoms with Crippen molar-refractivity contribution < 1.29 is 14.0 Å². The lowest BCUT2D eigenvalue weighted by molar-refractivity contribution is -0.0447. The third kappa shape index (κ3) is 4.45. The molecule has 0 aliphatic carbocycles. The van der Waals surface area contributed by atoms with Crippen molar-refractivity contribution in [1.82, 2.24) is 15.4 Å². The van der Waals surface area contributed by atoms with Gasteiger partial charge in [-0.15, -0.1) is 0 Å². The predicted molar refractivity (Wildman–Crippen MR) is 88.9 cm³/mol. The van der Waals surface area contributed by atoms with E-state index in [1.807, 2.05) is 20.9 Å². The van der Waals surface area contributed by atoms with Gasteiger partial charge >= 0.3 is 0 Å². The molecule has 0 aromatic carbocycles. The predicted octanol–water partition coefficient (Wildman–Crippen LogP) is 1.32. The van der Waals surface area contributed by atoms with Gasteiger partial charge in [0.25, 0.3) is 0 Å². The van der Waals surface area contributed by atoms with Crippen LogP contribution in [0.25, 0.3) is 0 Å². The second-order valence-corrected chi connectivity index (χ2v) is 5.96. The van der Waals surface area contributed by atoms with Crippen LogP contribution in [0.1, 0.15) is 29.9 Å². The van der Waals surface area contributed by atoms with Gasteiger partial charge in [0.1, 0.15) is 5.76 Å². The van der Waals surface area contributed by atoms with Crippen LogP contribution < -0.4 is 5.32 Å². The number of aryl methyl sites for hydroxylation is 2. The zero-order valence-corrected chi connectivity index (χ0v) is 14.8. The van der Waals surface area contributed by atoms with Crippen molar-refractivity contribution in [2.75, 3.05) is 47.0 Å². The lowest BCUT2D eigenvalue weighted by Gasteiger charge is -2.35. The molecule has 1 aliphatic rings. The van der Waals surface area contributed by atoms with Gasteiger partial charge in [-0.05, 0) is 13.8 Å². The standard InChI is InChI=1S/C16H28N4O3/c1-11(15-12(2)19-23-13(15)3)8-18-16(17-4)20-6-7-22-14(9-20)10-21-5/h11,14H,6-10H2,1-5H3,(H,17,18). The lowest BCUT2D eigenvalue weighted by Crippen LogP contribution is -2.52. The molecule has 0 spiro atoms. The first kappa shape index (κ1) is 17.7. The Morgan fingerprint density at radius 2 is 2.30 bits per heavy atom. The molecule has 1 fully saturated rings. The molecule has 0 bridgehead atoms. The summed E-state index contributed by atoms with van der Waals surface area (Å²) in [4.78, 5) is 6.62. The molecule has 2 unspecified atom stereocenters. The minimum absolute atomic E-state index is 0.0901. The Bertz CT molecular complexity index is 508. The summed E-state index contributed by atoms with van der Waals surface area (Å²) in [6.07, 6.45) is 0.0901. The molecule has 1 aromatic rings. The number of nitrogens with one attached hydrogen (secondary N) is 1. The fraction of sp³-hybridized carbons (Fsp3) is 0.750. The minimum Gasteiger partial charge on any atom is -0.382 e. The minimum atomic E-state index is 0.0901. The SMILES string of the molecule is CN=C(NCC(C)c1c(C)noc1C)N1CCOC(COC)C1. The Hall–Kier alpha value is -1.60.